The molecule has 1 N–H and O–H groups in total. The lowest BCUT2D eigenvalue weighted by molar-refractivity contribution is -0.174. The zero-order valence-corrected chi connectivity index (χ0v) is 12.4. The summed E-state index contributed by atoms with van der Waals surface area (Å²) in [5.74, 6) is -1.98. The van der Waals surface area contributed by atoms with Gasteiger partial charge in [0, 0.05) is 19.1 Å². The Hall–Kier alpha value is -1.13. The Labute approximate surface area is 123 Å². The fourth-order valence-electron chi connectivity index (χ4n) is 2.05. The Kier molecular flexibility index (Phi) is 4.59. The number of halogens is 3. The van der Waals surface area contributed by atoms with Gasteiger partial charge < -0.3 is 5.32 Å². The van der Waals surface area contributed by atoms with E-state index in [0.29, 0.717) is 0 Å². The zero-order chi connectivity index (χ0) is 15.7. The topological polar surface area (TPSA) is 66.5 Å². The average Bonchev–Trinajstić information content (AvgIpc) is 2.92. The van der Waals surface area contributed by atoms with E-state index in [1.165, 1.54) is 10.4 Å². The quantitative estimate of drug-likeness (QED) is 0.907. The highest BCUT2D eigenvalue weighted by Gasteiger charge is 2.40. The summed E-state index contributed by atoms with van der Waals surface area (Å²) in [4.78, 5) is 10.8. The van der Waals surface area contributed by atoms with Crippen LogP contribution in [0.15, 0.2) is 21.7 Å². The van der Waals surface area contributed by atoms with Crippen LogP contribution in [0.5, 0.6) is 0 Å². The fourth-order valence-corrected chi connectivity index (χ4v) is 4.66. The number of nitrogens with zero attached hydrogens (tertiary/aromatic N) is 1. The lowest BCUT2D eigenvalue weighted by Crippen LogP contribution is -2.49. The maximum atomic E-state index is 12.2. The maximum absolute atomic E-state index is 12.2. The van der Waals surface area contributed by atoms with Gasteiger partial charge in [0.05, 0.1) is 0 Å². The number of sulfonamides is 1. The van der Waals surface area contributed by atoms with Crippen molar-refractivity contribution in [2.45, 2.75) is 29.3 Å². The van der Waals surface area contributed by atoms with Crippen molar-refractivity contribution < 1.29 is 26.4 Å². The number of amides is 1. The molecular weight excluding hydrogens is 329 g/mol. The summed E-state index contributed by atoms with van der Waals surface area (Å²) in [6.45, 7) is 0.173. The van der Waals surface area contributed by atoms with E-state index in [1.54, 1.807) is 11.4 Å². The number of piperidine rings is 1. The van der Waals surface area contributed by atoms with Crippen LogP contribution in [-0.2, 0) is 14.8 Å². The van der Waals surface area contributed by atoms with Gasteiger partial charge in [0.15, 0.2) is 0 Å². The van der Waals surface area contributed by atoms with Crippen molar-refractivity contribution in [2.24, 2.45) is 0 Å². The third kappa shape index (κ3) is 3.74. The first-order valence-electron chi connectivity index (χ1n) is 6.12. The van der Waals surface area contributed by atoms with Gasteiger partial charge in [0.2, 0.25) is 0 Å². The summed E-state index contributed by atoms with van der Waals surface area (Å²) in [6.07, 6.45) is -4.60. The molecule has 1 aromatic rings. The molecule has 1 saturated heterocycles. The number of carbonyl (C=O) groups is 1. The molecule has 118 valence electrons. The molecule has 0 saturated carbocycles. The first-order valence-corrected chi connectivity index (χ1v) is 8.44. The van der Waals surface area contributed by atoms with E-state index in [-0.39, 0.29) is 30.1 Å². The summed E-state index contributed by atoms with van der Waals surface area (Å²) in [5.41, 5.74) is 0. The van der Waals surface area contributed by atoms with Crippen LogP contribution in [0, 0.1) is 0 Å². The normalized spacial score (nSPS) is 18.6. The van der Waals surface area contributed by atoms with E-state index in [9.17, 15) is 26.4 Å². The van der Waals surface area contributed by atoms with Gasteiger partial charge in [-0.1, -0.05) is 6.07 Å². The van der Waals surface area contributed by atoms with Crippen molar-refractivity contribution >= 4 is 27.3 Å². The molecule has 1 amide bonds. The summed E-state index contributed by atoms with van der Waals surface area (Å²) < 4.78 is 62.3. The number of alkyl halides is 3. The third-order valence-corrected chi connectivity index (χ3v) is 6.41. The van der Waals surface area contributed by atoms with Crippen molar-refractivity contribution in [3.8, 4) is 0 Å². The van der Waals surface area contributed by atoms with Gasteiger partial charge in [0.1, 0.15) is 4.21 Å². The Morgan fingerprint density at radius 2 is 1.95 bits per heavy atom. The first-order chi connectivity index (χ1) is 9.71. The largest absolute Gasteiger partial charge is 0.471 e. The van der Waals surface area contributed by atoms with Crippen LogP contribution in [0.4, 0.5) is 13.2 Å². The molecule has 1 aromatic heterocycles. The van der Waals surface area contributed by atoms with Crippen molar-refractivity contribution in [2.75, 3.05) is 13.1 Å². The number of rotatable bonds is 3. The second kappa shape index (κ2) is 5.93. The molecule has 0 spiro atoms. The second-order valence-corrected chi connectivity index (χ2v) is 7.69. The van der Waals surface area contributed by atoms with Crippen LogP contribution in [0.25, 0.3) is 0 Å². The molecule has 10 heteroatoms. The van der Waals surface area contributed by atoms with Gasteiger partial charge in [-0.05, 0) is 24.3 Å². The molecule has 21 heavy (non-hydrogen) atoms. The van der Waals surface area contributed by atoms with Crippen molar-refractivity contribution in [3.63, 3.8) is 0 Å². The molecule has 0 aliphatic carbocycles. The van der Waals surface area contributed by atoms with Crippen molar-refractivity contribution in [1.82, 2.24) is 9.62 Å². The SMILES string of the molecule is O=C(NC1CCN(S(=O)(=O)c2cccs2)CC1)C(F)(F)F. The molecule has 5 nitrogen and oxygen atoms in total. The molecule has 0 radical (unpaired) electrons. The Bertz CT molecular complexity index is 591. The zero-order valence-electron chi connectivity index (χ0n) is 10.8. The summed E-state index contributed by atoms with van der Waals surface area (Å²) in [6, 6.07) is 2.44. The van der Waals surface area contributed by atoms with Crippen LogP contribution in [0.3, 0.4) is 0 Å². The minimum absolute atomic E-state index is 0.0863. The lowest BCUT2D eigenvalue weighted by atomic mass is 10.1. The molecule has 0 aromatic carbocycles. The summed E-state index contributed by atoms with van der Waals surface area (Å²) in [7, 11) is -3.58. The number of carbonyl (C=O) groups excluding carboxylic acids is 1. The van der Waals surface area contributed by atoms with Gasteiger partial charge in [0.25, 0.3) is 10.0 Å². The van der Waals surface area contributed by atoms with Crippen LogP contribution < -0.4 is 5.32 Å². The molecule has 0 atom stereocenters. The number of hydrogen-bond donors (Lipinski definition) is 1. The van der Waals surface area contributed by atoms with Gasteiger partial charge in [-0.2, -0.15) is 17.5 Å². The van der Waals surface area contributed by atoms with Crippen molar-refractivity contribution in [3.05, 3.63) is 17.5 Å². The minimum atomic E-state index is -4.92. The number of nitrogens with one attached hydrogen (secondary N) is 1. The van der Waals surface area contributed by atoms with E-state index in [1.807, 2.05) is 5.32 Å². The molecule has 1 fully saturated rings. The van der Waals surface area contributed by atoms with Gasteiger partial charge >= 0.3 is 12.1 Å². The molecule has 1 aliphatic rings. The highest BCUT2D eigenvalue weighted by molar-refractivity contribution is 7.91. The van der Waals surface area contributed by atoms with E-state index in [4.69, 9.17) is 0 Å². The number of hydrogen-bond acceptors (Lipinski definition) is 4. The molecule has 0 bridgehead atoms. The highest BCUT2D eigenvalue weighted by Crippen LogP contribution is 2.24. The van der Waals surface area contributed by atoms with Gasteiger partial charge in [-0.3, -0.25) is 4.79 Å². The minimum Gasteiger partial charge on any atom is -0.345 e. The Morgan fingerprint density at radius 1 is 1.33 bits per heavy atom. The van der Waals surface area contributed by atoms with E-state index in [2.05, 4.69) is 0 Å². The van der Waals surface area contributed by atoms with Crippen molar-refractivity contribution in [1.29, 1.82) is 0 Å². The van der Waals surface area contributed by atoms with E-state index in [0.717, 1.165) is 11.3 Å². The molecule has 0 unspecified atom stereocenters. The molecule has 1 aliphatic heterocycles. The molecule has 2 heterocycles. The summed E-state index contributed by atoms with van der Waals surface area (Å²) >= 11 is 1.09. The molecular formula is C11H13F3N2O3S2. The average molecular weight is 342 g/mol. The predicted octanol–water partition coefficient (Wildman–Crippen LogP) is 1.58. The van der Waals surface area contributed by atoms with E-state index < -0.39 is 28.1 Å². The second-order valence-electron chi connectivity index (χ2n) is 4.58. The highest BCUT2D eigenvalue weighted by atomic mass is 32.2. The maximum Gasteiger partial charge on any atom is 0.471 e. The predicted molar refractivity (Wildman–Crippen MR) is 70.3 cm³/mol. The van der Waals surface area contributed by atoms with Crippen LogP contribution in [0.2, 0.25) is 0 Å². The lowest BCUT2D eigenvalue weighted by Gasteiger charge is -2.31. The van der Waals surface area contributed by atoms with Crippen LogP contribution in [-0.4, -0.2) is 43.9 Å². The number of thiophene rings is 1. The van der Waals surface area contributed by atoms with Crippen LogP contribution >= 0.6 is 11.3 Å². The van der Waals surface area contributed by atoms with Gasteiger partial charge in [-0.15, -0.1) is 11.3 Å². The summed E-state index contributed by atoms with van der Waals surface area (Å²) in [5, 5.41) is 3.52. The monoisotopic (exact) mass is 342 g/mol. The molecule has 2 rings (SSSR count). The Balaban J connectivity index is 1.94. The Morgan fingerprint density at radius 3 is 2.43 bits per heavy atom. The fraction of sp³-hybridized carbons (Fsp3) is 0.545. The van der Waals surface area contributed by atoms with Gasteiger partial charge in [-0.25, -0.2) is 8.42 Å². The third-order valence-electron chi connectivity index (χ3n) is 3.14. The van der Waals surface area contributed by atoms with E-state index >= 15 is 0 Å². The first kappa shape index (κ1) is 16.2. The standard InChI is InChI=1S/C11H13F3N2O3S2/c12-11(13,14)10(17)15-8-3-5-16(6-4-8)21(18,19)9-2-1-7-20-9/h1-2,7-8H,3-6H2,(H,15,17). The smallest absolute Gasteiger partial charge is 0.345 e. The van der Waals surface area contributed by atoms with Crippen LogP contribution in [0.1, 0.15) is 12.8 Å².